The second-order valence-electron chi connectivity index (χ2n) is 7.81. The molecule has 10 heteroatoms. The molecule has 0 bridgehead atoms. The Morgan fingerprint density at radius 3 is 2.97 bits per heavy atom. The number of carbonyl (C=O) groups is 2. The number of rotatable bonds is 7. The number of nitrogens with zero attached hydrogens (tertiary/aromatic N) is 2. The van der Waals surface area contributed by atoms with E-state index in [1.165, 1.54) is 17.4 Å². The molecule has 0 aromatic carbocycles. The average molecular weight is 487 g/mol. The lowest BCUT2D eigenvalue weighted by molar-refractivity contribution is -0.111. The maximum atomic E-state index is 12.3. The Morgan fingerprint density at radius 2 is 2.21 bits per heavy atom. The predicted octanol–water partition coefficient (Wildman–Crippen LogP) is 3.25. The maximum absolute atomic E-state index is 12.3. The summed E-state index contributed by atoms with van der Waals surface area (Å²) in [5.41, 5.74) is 1.47. The maximum Gasteiger partial charge on any atom is 0.407 e. The molecule has 33 heavy (non-hydrogen) atoms. The highest BCUT2D eigenvalue weighted by Crippen LogP contribution is 2.38. The molecule has 1 unspecified atom stereocenters. The lowest BCUT2D eigenvalue weighted by Crippen LogP contribution is -2.42. The van der Waals surface area contributed by atoms with Crippen molar-refractivity contribution in [2.75, 3.05) is 44.7 Å². The van der Waals surface area contributed by atoms with Crippen LogP contribution in [-0.2, 0) is 27.1 Å². The number of alkyl carbamates (subject to hydrolysis) is 1. The van der Waals surface area contributed by atoms with Gasteiger partial charge in [-0.3, -0.25) is 9.69 Å². The predicted molar refractivity (Wildman–Crippen MR) is 129 cm³/mol. The van der Waals surface area contributed by atoms with Gasteiger partial charge >= 0.3 is 6.09 Å². The smallest absolute Gasteiger partial charge is 0.407 e. The van der Waals surface area contributed by atoms with Gasteiger partial charge in [0.1, 0.15) is 17.2 Å². The summed E-state index contributed by atoms with van der Waals surface area (Å²) in [5, 5.41) is 17.8. The molecule has 1 saturated heterocycles. The van der Waals surface area contributed by atoms with Gasteiger partial charge in [-0.25, -0.2) is 4.79 Å². The van der Waals surface area contributed by atoms with Crippen LogP contribution in [0, 0.1) is 11.3 Å². The molecule has 2 aliphatic rings. The van der Waals surface area contributed by atoms with E-state index in [2.05, 4.69) is 21.6 Å². The number of carbonyl (C=O) groups excluding carboxylic acids is 2. The van der Waals surface area contributed by atoms with Gasteiger partial charge in [0.2, 0.25) is 5.91 Å². The van der Waals surface area contributed by atoms with Gasteiger partial charge in [-0.05, 0) is 35.9 Å². The molecular weight excluding hydrogens is 460 g/mol. The van der Waals surface area contributed by atoms with E-state index in [1.807, 2.05) is 17.5 Å². The van der Waals surface area contributed by atoms with Crippen molar-refractivity contribution in [3.8, 4) is 6.07 Å². The van der Waals surface area contributed by atoms with E-state index in [9.17, 15) is 14.9 Å². The minimum atomic E-state index is -0.416. The molecule has 2 aromatic heterocycles. The summed E-state index contributed by atoms with van der Waals surface area (Å²) in [6, 6.07) is 6.08. The Morgan fingerprint density at radius 1 is 1.36 bits per heavy atom. The monoisotopic (exact) mass is 486 g/mol. The number of morpholine rings is 1. The molecular formula is C23H26N4O4S2. The van der Waals surface area contributed by atoms with Crippen LogP contribution in [0.1, 0.15) is 27.3 Å². The summed E-state index contributed by atoms with van der Waals surface area (Å²) < 4.78 is 10.9. The summed E-state index contributed by atoms with van der Waals surface area (Å²) in [6.07, 6.45) is 4.41. The zero-order chi connectivity index (χ0) is 23.0. The summed E-state index contributed by atoms with van der Waals surface area (Å²) >= 11 is 2.94. The lowest BCUT2D eigenvalue weighted by Gasteiger charge is -2.27. The van der Waals surface area contributed by atoms with Crippen LogP contribution >= 0.6 is 22.7 Å². The topological polar surface area (TPSA) is 104 Å². The van der Waals surface area contributed by atoms with Crippen molar-refractivity contribution in [1.82, 2.24) is 10.2 Å². The molecule has 4 rings (SSSR count). The Hall–Kier alpha value is -2.71. The molecule has 3 heterocycles. The molecule has 174 valence electrons. The van der Waals surface area contributed by atoms with Crippen LogP contribution in [-0.4, -0.2) is 62.4 Å². The molecule has 2 aromatic rings. The van der Waals surface area contributed by atoms with Crippen molar-refractivity contribution >= 4 is 45.8 Å². The number of nitrogens with one attached hydrogen (secondary N) is 2. The molecule has 8 nitrogen and oxygen atoms in total. The largest absolute Gasteiger partial charge is 0.446 e. The van der Waals surface area contributed by atoms with Crippen molar-refractivity contribution in [1.29, 1.82) is 5.26 Å². The van der Waals surface area contributed by atoms with Crippen LogP contribution in [0.5, 0.6) is 0 Å². The second-order valence-corrected chi connectivity index (χ2v) is 9.89. The molecule has 2 N–H and O–H groups in total. The van der Waals surface area contributed by atoms with Crippen LogP contribution in [0.4, 0.5) is 9.80 Å². The van der Waals surface area contributed by atoms with Gasteiger partial charge in [-0.1, -0.05) is 6.07 Å². The van der Waals surface area contributed by atoms with Crippen molar-refractivity contribution in [2.24, 2.45) is 0 Å². The van der Waals surface area contributed by atoms with Crippen molar-refractivity contribution in [3.05, 3.63) is 44.5 Å². The Kier molecular flexibility index (Phi) is 8.12. The van der Waals surface area contributed by atoms with Gasteiger partial charge in [0.15, 0.2) is 0 Å². The number of nitriles is 1. The van der Waals surface area contributed by atoms with E-state index in [4.69, 9.17) is 9.47 Å². The summed E-state index contributed by atoms with van der Waals surface area (Å²) in [4.78, 5) is 28.8. The van der Waals surface area contributed by atoms with Gasteiger partial charge in [0, 0.05) is 48.4 Å². The number of amides is 2. The lowest BCUT2D eigenvalue weighted by atomic mass is 9.94. The molecule has 2 amide bonds. The van der Waals surface area contributed by atoms with Crippen LogP contribution in [0.3, 0.4) is 0 Å². The fourth-order valence-electron chi connectivity index (χ4n) is 3.89. The van der Waals surface area contributed by atoms with E-state index >= 15 is 0 Å². The second kappa shape index (κ2) is 11.4. The highest BCUT2D eigenvalue weighted by molar-refractivity contribution is 7.16. The zero-order valence-electron chi connectivity index (χ0n) is 18.2. The normalized spacial score (nSPS) is 18.5. The number of fused-ring (bicyclic) bond motifs is 1. The quantitative estimate of drug-likeness (QED) is 0.583. The fraction of sp³-hybridized carbons (Fsp3) is 0.435. The minimum Gasteiger partial charge on any atom is -0.446 e. The first-order valence-electron chi connectivity index (χ1n) is 10.9. The number of hydrogen-bond acceptors (Lipinski definition) is 8. The summed E-state index contributed by atoms with van der Waals surface area (Å²) in [7, 11) is 0. The number of hydrogen-bond donors (Lipinski definition) is 2. The Bertz CT molecular complexity index is 1040. The molecule has 1 aliphatic heterocycles. The number of anilines is 1. The van der Waals surface area contributed by atoms with E-state index in [1.54, 1.807) is 17.4 Å². The fourth-order valence-corrected chi connectivity index (χ4v) is 5.78. The van der Waals surface area contributed by atoms with Crippen LogP contribution in [0.15, 0.2) is 23.6 Å². The van der Waals surface area contributed by atoms with Gasteiger partial charge in [0.25, 0.3) is 0 Å². The number of thiophene rings is 2. The minimum absolute atomic E-state index is 0.242. The first kappa shape index (κ1) is 23.4. The Balaban J connectivity index is 1.29. The van der Waals surface area contributed by atoms with Crippen molar-refractivity contribution in [3.63, 3.8) is 0 Å². The average Bonchev–Trinajstić information content (AvgIpc) is 3.45. The summed E-state index contributed by atoms with van der Waals surface area (Å²) in [6.45, 7) is 4.52. The van der Waals surface area contributed by atoms with Crippen LogP contribution in [0.2, 0.25) is 0 Å². The molecule has 1 aliphatic carbocycles. The molecule has 0 radical (unpaired) electrons. The Labute approximate surface area is 200 Å². The van der Waals surface area contributed by atoms with Gasteiger partial charge < -0.3 is 20.1 Å². The SMILES string of the molecule is N#Cc1c(NC(=O)C=Cc2cccs2)sc2c1CCC(OC(=O)NCCN1CCOCC1)C2. The third kappa shape index (κ3) is 6.42. The first-order chi connectivity index (χ1) is 16.1. The van der Waals surface area contributed by atoms with Crippen LogP contribution in [0.25, 0.3) is 6.08 Å². The van der Waals surface area contributed by atoms with E-state index in [-0.39, 0.29) is 12.0 Å². The van der Waals surface area contributed by atoms with Gasteiger partial charge in [-0.2, -0.15) is 5.26 Å². The zero-order valence-corrected chi connectivity index (χ0v) is 19.8. The van der Waals surface area contributed by atoms with E-state index in [0.29, 0.717) is 36.4 Å². The van der Waals surface area contributed by atoms with Crippen molar-refractivity contribution < 1.29 is 19.1 Å². The highest BCUT2D eigenvalue weighted by atomic mass is 32.1. The van der Waals surface area contributed by atoms with Crippen molar-refractivity contribution in [2.45, 2.75) is 25.4 Å². The third-order valence-corrected chi connectivity index (χ3v) is 7.59. The first-order valence-corrected chi connectivity index (χ1v) is 12.6. The summed E-state index contributed by atoms with van der Waals surface area (Å²) in [5.74, 6) is -0.272. The van der Waals surface area contributed by atoms with E-state index < -0.39 is 6.09 Å². The molecule has 0 saturated carbocycles. The highest BCUT2D eigenvalue weighted by Gasteiger charge is 2.28. The standard InChI is InChI=1S/C23H26N4O4S2/c24-15-19-18-5-3-16(31-23(29)25-7-8-27-9-11-30-12-10-27)14-20(18)33-22(19)26-21(28)6-4-17-2-1-13-32-17/h1-2,4,6,13,16H,3,5,7-12,14H2,(H,25,29)(H,26,28). The van der Waals surface area contributed by atoms with Gasteiger partial charge in [-0.15, -0.1) is 22.7 Å². The van der Waals surface area contributed by atoms with Gasteiger partial charge in [0.05, 0.1) is 18.8 Å². The molecule has 1 fully saturated rings. The molecule has 0 spiro atoms. The number of ether oxygens (including phenoxy) is 2. The van der Waals surface area contributed by atoms with Crippen LogP contribution < -0.4 is 10.6 Å². The molecule has 1 atom stereocenters. The van der Waals surface area contributed by atoms with E-state index in [0.717, 1.165) is 48.2 Å². The third-order valence-electron chi connectivity index (χ3n) is 5.59.